The molecule has 0 radical (unpaired) electrons. The third kappa shape index (κ3) is 3.02. The maximum Gasteiger partial charge on any atom is 0.266 e. The number of anilines is 2. The summed E-state index contributed by atoms with van der Waals surface area (Å²) in [7, 11) is -4.21. The van der Waals surface area contributed by atoms with Crippen molar-refractivity contribution in [2.45, 2.75) is 4.90 Å². The maximum atomic E-state index is 13.7. The predicted octanol–water partition coefficient (Wildman–Crippen LogP) is 3.02. The van der Waals surface area contributed by atoms with E-state index in [1.807, 2.05) is 0 Å². The third-order valence-corrected chi connectivity index (χ3v) is 4.51. The fourth-order valence-electron chi connectivity index (χ4n) is 1.50. The molecule has 20 heavy (non-hydrogen) atoms. The van der Waals surface area contributed by atoms with Crippen LogP contribution in [0.4, 0.5) is 15.8 Å². The molecule has 9 heteroatoms. The van der Waals surface area contributed by atoms with E-state index in [1.54, 1.807) is 0 Å². The molecule has 0 atom stereocenters. The fraction of sp³-hybridized carbons (Fsp3) is 0. The van der Waals surface area contributed by atoms with Gasteiger partial charge in [-0.05, 0) is 34.1 Å². The van der Waals surface area contributed by atoms with Gasteiger partial charge in [0.25, 0.3) is 10.0 Å². The number of hydrogen-bond donors (Lipinski definition) is 2. The molecule has 0 saturated heterocycles. The number of hydrogen-bond acceptors (Lipinski definition) is 4. The number of nitrogens with two attached hydrogens (primary N) is 1. The smallest absolute Gasteiger partial charge is 0.266 e. The summed E-state index contributed by atoms with van der Waals surface area (Å²) in [4.78, 5) is 3.14. The first-order chi connectivity index (χ1) is 9.31. The Bertz CT molecular complexity index is 750. The first kappa shape index (κ1) is 15.0. The number of nitrogens with zero attached hydrogens (tertiary/aromatic N) is 1. The Morgan fingerprint density at radius 1 is 1.40 bits per heavy atom. The van der Waals surface area contributed by atoms with Crippen LogP contribution in [0, 0.1) is 5.82 Å². The Morgan fingerprint density at radius 2 is 2.10 bits per heavy atom. The van der Waals surface area contributed by atoms with Crippen molar-refractivity contribution < 1.29 is 12.8 Å². The molecule has 5 nitrogen and oxygen atoms in total. The maximum absolute atomic E-state index is 13.7. The molecule has 0 fully saturated rings. The van der Waals surface area contributed by atoms with Crippen LogP contribution in [-0.4, -0.2) is 13.4 Å². The van der Waals surface area contributed by atoms with Crippen molar-refractivity contribution in [2.75, 3.05) is 10.5 Å². The topological polar surface area (TPSA) is 85.1 Å². The lowest BCUT2D eigenvalue weighted by atomic mass is 10.3. The molecule has 0 saturated carbocycles. The minimum Gasteiger partial charge on any atom is -0.398 e. The number of benzene rings is 1. The van der Waals surface area contributed by atoms with Crippen LogP contribution < -0.4 is 10.5 Å². The minimum absolute atomic E-state index is 0.0173. The molecular weight excluding hydrogens is 373 g/mol. The van der Waals surface area contributed by atoms with Crippen molar-refractivity contribution in [3.8, 4) is 0 Å². The van der Waals surface area contributed by atoms with Gasteiger partial charge in [-0.25, -0.2) is 17.8 Å². The van der Waals surface area contributed by atoms with E-state index >= 15 is 0 Å². The molecule has 1 heterocycles. The summed E-state index contributed by atoms with van der Waals surface area (Å²) < 4.78 is 40.7. The summed E-state index contributed by atoms with van der Waals surface area (Å²) in [5, 5.41) is -0.0633. The van der Waals surface area contributed by atoms with Crippen LogP contribution in [0.3, 0.4) is 0 Å². The van der Waals surface area contributed by atoms with Gasteiger partial charge >= 0.3 is 0 Å². The highest BCUT2D eigenvalue weighted by Crippen LogP contribution is 2.28. The molecular formula is C11H8BrClFN3O2S. The molecule has 0 aliphatic carbocycles. The predicted molar refractivity (Wildman–Crippen MR) is 78.6 cm³/mol. The van der Waals surface area contributed by atoms with Crippen LogP contribution in [0.5, 0.6) is 0 Å². The molecule has 1 aromatic carbocycles. The summed E-state index contributed by atoms with van der Waals surface area (Å²) in [6.07, 6.45) is 1.40. The van der Waals surface area contributed by atoms with Gasteiger partial charge < -0.3 is 5.73 Å². The second kappa shape index (κ2) is 5.55. The van der Waals surface area contributed by atoms with Crippen LogP contribution >= 0.6 is 27.5 Å². The second-order valence-electron chi connectivity index (χ2n) is 3.76. The fourth-order valence-corrected chi connectivity index (χ4v) is 3.29. The molecule has 2 aromatic rings. The monoisotopic (exact) mass is 379 g/mol. The number of nitrogen functional groups attached to an aromatic ring is 1. The quantitative estimate of drug-likeness (QED) is 0.633. The molecule has 0 amide bonds. The number of aromatic nitrogens is 1. The first-order valence-corrected chi connectivity index (χ1v) is 7.84. The van der Waals surface area contributed by atoms with E-state index in [0.717, 1.165) is 6.07 Å². The van der Waals surface area contributed by atoms with Gasteiger partial charge in [-0.1, -0.05) is 17.7 Å². The van der Waals surface area contributed by atoms with Gasteiger partial charge in [-0.2, -0.15) is 0 Å². The Balaban J connectivity index is 2.49. The molecule has 2 rings (SSSR count). The summed E-state index contributed by atoms with van der Waals surface area (Å²) in [5.41, 5.74) is 5.33. The van der Waals surface area contributed by atoms with Crippen molar-refractivity contribution in [1.82, 2.24) is 4.98 Å². The molecule has 3 N–H and O–H groups in total. The van der Waals surface area contributed by atoms with E-state index < -0.39 is 20.7 Å². The standard InChI is InChI=1S/C11H8BrClFN3O2S/c12-6-4-9(11(13)16-5-6)17-20(18,19)10-7(14)2-1-3-8(10)15/h1-5,17H,15H2. The molecule has 0 spiro atoms. The number of nitrogens with one attached hydrogen (secondary N) is 1. The molecule has 1 aromatic heterocycles. The number of halogens is 3. The number of pyridine rings is 1. The van der Waals surface area contributed by atoms with Gasteiger partial charge in [0.1, 0.15) is 10.7 Å². The van der Waals surface area contributed by atoms with E-state index in [1.165, 1.54) is 24.4 Å². The summed E-state index contributed by atoms with van der Waals surface area (Å²) >= 11 is 8.92. The summed E-state index contributed by atoms with van der Waals surface area (Å²) in [5.74, 6) is -0.948. The van der Waals surface area contributed by atoms with Crippen molar-refractivity contribution in [3.63, 3.8) is 0 Å². The van der Waals surface area contributed by atoms with Gasteiger partial charge in [-0.3, -0.25) is 4.72 Å². The lowest BCUT2D eigenvalue weighted by Gasteiger charge is -2.11. The average molecular weight is 381 g/mol. The van der Waals surface area contributed by atoms with E-state index in [0.29, 0.717) is 4.47 Å². The first-order valence-electron chi connectivity index (χ1n) is 5.19. The van der Waals surface area contributed by atoms with Crippen molar-refractivity contribution >= 4 is 48.9 Å². The van der Waals surface area contributed by atoms with Crippen molar-refractivity contribution in [3.05, 3.63) is 45.9 Å². The Morgan fingerprint density at radius 3 is 2.75 bits per heavy atom. The highest BCUT2D eigenvalue weighted by Gasteiger charge is 2.23. The zero-order chi connectivity index (χ0) is 14.9. The molecule has 0 bridgehead atoms. The van der Waals surface area contributed by atoms with Crippen LogP contribution in [0.15, 0.2) is 39.8 Å². The highest BCUT2D eigenvalue weighted by atomic mass is 79.9. The second-order valence-corrected chi connectivity index (χ2v) is 6.65. The van der Waals surface area contributed by atoms with Crippen LogP contribution in [0.25, 0.3) is 0 Å². The highest BCUT2D eigenvalue weighted by molar-refractivity contribution is 9.10. The van der Waals surface area contributed by atoms with E-state index in [4.69, 9.17) is 17.3 Å². The summed E-state index contributed by atoms with van der Waals surface area (Å²) in [6.45, 7) is 0. The van der Waals surface area contributed by atoms with Gasteiger partial charge in [0.2, 0.25) is 0 Å². The third-order valence-electron chi connectivity index (χ3n) is 2.32. The number of rotatable bonds is 3. The van der Waals surface area contributed by atoms with Gasteiger partial charge in [0.05, 0.1) is 11.4 Å². The molecule has 0 unspecified atom stereocenters. The minimum atomic E-state index is -4.21. The molecule has 0 aliphatic heterocycles. The molecule has 106 valence electrons. The van der Waals surface area contributed by atoms with Gasteiger partial charge in [0, 0.05) is 10.7 Å². The van der Waals surface area contributed by atoms with E-state index in [9.17, 15) is 12.8 Å². The van der Waals surface area contributed by atoms with Crippen molar-refractivity contribution in [1.29, 1.82) is 0 Å². The number of sulfonamides is 1. The Kier molecular flexibility index (Phi) is 4.17. The average Bonchev–Trinajstić information content (AvgIpc) is 2.33. The zero-order valence-electron chi connectivity index (χ0n) is 9.77. The van der Waals surface area contributed by atoms with Crippen LogP contribution in [0.2, 0.25) is 5.15 Å². The summed E-state index contributed by atoms with van der Waals surface area (Å²) in [6, 6.07) is 5.02. The largest absolute Gasteiger partial charge is 0.398 e. The SMILES string of the molecule is Nc1cccc(F)c1S(=O)(=O)Nc1cc(Br)cnc1Cl. The molecule has 0 aliphatic rings. The van der Waals surface area contributed by atoms with Crippen LogP contribution in [0.1, 0.15) is 0 Å². The van der Waals surface area contributed by atoms with Crippen LogP contribution in [-0.2, 0) is 10.0 Å². The van der Waals surface area contributed by atoms with Gasteiger partial charge in [-0.15, -0.1) is 0 Å². The van der Waals surface area contributed by atoms with E-state index in [2.05, 4.69) is 25.6 Å². The lowest BCUT2D eigenvalue weighted by Crippen LogP contribution is -2.17. The Hall–Kier alpha value is -1.38. The van der Waals surface area contributed by atoms with Crippen molar-refractivity contribution in [2.24, 2.45) is 0 Å². The Labute approximate surface area is 128 Å². The zero-order valence-corrected chi connectivity index (χ0v) is 12.9. The normalized spacial score (nSPS) is 11.3. The van der Waals surface area contributed by atoms with Gasteiger partial charge in [0.15, 0.2) is 5.15 Å². The van der Waals surface area contributed by atoms with E-state index in [-0.39, 0.29) is 16.5 Å². The lowest BCUT2D eigenvalue weighted by molar-refractivity contribution is 0.572.